The molecule has 0 aliphatic heterocycles. The van der Waals surface area contributed by atoms with E-state index in [0.717, 1.165) is 49.3 Å². The fourth-order valence-electron chi connectivity index (χ4n) is 7.17. The van der Waals surface area contributed by atoms with Crippen LogP contribution in [0.3, 0.4) is 0 Å². The summed E-state index contributed by atoms with van der Waals surface area (Å²) in [7, 11) is 0. The van der Waals surface area contributed by atoms with E-state index in [0.29, 0.717) is 12.1 Å². The van der Waals surface area contributed by atoms with Crippen molar-refractivity contribution in [2.24, 2.45) is 11.8 Å². The molecule has 9 heteroatoms. The van der Waals surface area contributed by atoms with Crippen molar-refractivity contribution in [2.75, 3.05) is 0 Å². The van der Waals surface area contributed by atoms with Gasteiger partial charge in [0.25, 0.3) is 0 Å². The Kier molecular flexibility index (Phi) is 10.4. The number of ether oxygens (including phenoxy) is 1. The van der Waals surface area contributed by atoms with Crippen molar-refractivity contribution >= 4 is 0 Å². The first-order valence-corrected chi connectivity index (χ1v) is 16.0. The minimum Gasteiger partial charge on any atom is -0.432 e. The number of hydrogen-bond donors (Lipinski definition) is 0. The monoisotopic (exact) mass is 638 g/mol. The van der Waals surface area contributed by atoms with Crippen LogP contribution >= 0.6 is 0 Å². The van der Waals surface area contributed by atoms with Crippen LogP contribution in [-0.2, 0) is 0 Å². The lowest BCUT2D eigenvalue weighted by atomic mass is 9.76. The maximum Gasteiger partial charge on any atom is 0.400 e. The summed E-state index contributed by atoms with van der Waals surface area (Å²) in [5, 5.41) is 0. The molecule has 0 N–H and O–H groups in total. The molecular formula is C36H38F8O. The minimum absolute atomic E-state index is 0.00680. The quantitative estimate of drug-likeness (QED) is 0.122. The molecule has 0 bridgehead atoms. The Balaban J connectivity index is 1.22. The van der Waals surface area contributed by atoms with E-state index in [2.05, 4.69) is 11.7 Å². The third-order valence-corrected chi connectivity index (χ3v) is 9.74. The highest BCUT2D eigenvalue weighted by atomic mass is 19.3. The van der Waals surface area contributed by atoms with Crippen LogP contribution in [0, 0.1) is 46.7 Å². The zero-order valence-electron chi connectivity index (χ0n) is 25.3. The SMILES string of the molecule is CCCCCC1CCC(c2ccc(-c3cc(F)c(C4CCC(C(F)(F)Oc5cc(F)c(F)c(F)c5)CC4)c(F)c3)c(F)c2)CC1. The van der Waals surface area contributed by atoms with Gasteiger partial charge in [-0.3, -0.25) is 0 Å². The molecule has 0 atom stereocenters. The second-order valence-electron chi connectivity index (χ2n) is 12.7. The van der Waals surface area contributed by atoms with Crippen molar-refractivity contribution in [3.05, 3.63) is 88.5 Å². The molecule has 3 aromatic carbocycles. The summed E-state index contributed by atoms with van der Waals surface area (Å²) in [5.41, 5.74) is 0.806. The first-order valence-electron chi connectivity index (χ1n) is 16.0. The van der Waals surface area contributed by atoms with E-state index >= 15 is 13.2 Å². The fourth-order valence-corrected chi connectivity index (χ4v) is 7.17. The van der Waals surface area contributed by atoms with E-state index in [1.165, 1.54) is 31.7 Å². The molecule has 2 aliphatic rings. The topological polar surface area (TPSA) is 9.23 Å². The number of unbranched alkanes of at least 4 members (excludes halogenated alkanes) is 2. The molecule has 3 aromatic rings. The second kappa shape index (κ2) is 14.1. The Bertz CT molecular complexity index is 1430. The highest BCUT2D eigenvalue weighted by molar-refractivity contribution is 5.65. The summed E-state index contributed by atoms with van der Waals surface area (Å²) in [6.45, 7) is 2.19. The minimum atomic E-state index is -3.85. The molecule has 0 aromatic heterocycles. The van der Waals surface area contributed by atoms with Crippen LogP contribution < -0.4 is 4.74 Å². The van der Waals surface area contributed by atoms with Crippen LogP contribution in [-0.4, -0.2) is 6.11 Å². The molecule has 0 spiro atoms. The third-order valence-electron chi connectivity index (χ3n) is 9.74. The van der Waals surface area contributed by atoms with Crippen LogP contribution in [0.5, 0.6) is 5.75 Å². The summed E-state index contributed by atoms with van der Waals surface area (Å²) < 4.78 is 120. The number of rotatable bonds is 10. The van der Waals surface area contributed by atoms with Crippen molar-refractivity contribution in [1.29, 1.82) is 0 Å². The summed E-state index contributed by atoms with van der Waals surface area (Å²) in [6.07, 6.45) is 4.98. The van der Waals surface area contributed by atoms with Gasteiger partial charge in [0.1, 0.15) is 23.2 Å². The maximum atomic E-state index is 15.3. The molecule has 2 aliphatic carbocycles. The van der Waals surface area contributed by atoms with Gasteiger partial charge < -0.3 is 4.74 Å². The Labute approximate surface area is 259 Å². The molecule has 0 amide bonds. The molecular weight excluding hydrogens is 600 g/mol. The normalized spacial score (nSPS) is 22.4. The van der Waals surface area contributed by atoms with Gasteiger partial charge in [-0.1, -0.05) is 44.7 Å². The van der Waals surface area contributed by atoms with E-state index in [9.17, 15) is 22.0 Å². The highest BCUT2D eigenvalue weighted by Crippen LogP contribution is 2.45. The predicted molar refractivity (Wildman–Crippen MR) is 157 cm³/mol. The molecule has 45 heavy (non-hydrogen) atoms. The van der Waals surface area contributed by atoms with E-state index in [-0.39, 0.29) is 48.3 Å². The van der Waals surface area contributed by atoms with E-state index < -0.39 is 58.6 Å². The predicted octanol–water partition coefficient (Wildman–Crippen LogP) is 12.0. The van der Waals surface area contributed by atoms with Gasteiger partial charge in [0.2, 0.25) is 0 Å². The Morgan fingerprint density at radius 2 is 1.27 bits per heavy atom. The van der Waals surface area contributed by atoms with Crippen molar-refractivity contribution in [2.45, 2.75) is 102 Å². The summed E-state index contributed by atoms with van der Waals surface area (Å²) in [6, 6.07) is 7.71. The van der Waals surface area contributed by atoms with Gasteiger partial charge in [-0.25, -0.2) is 26.3 Å². The standard InChI is InChI=1S/C36H38F8O/c1-2-3-4-5-21-6-8-22(9-7-21)24-12-15-28(29(37)16-24)25-17-30(38)34(31(39)18-25)23-10-13-26(14-11-23)36(43,44)45-27-19-32(40)35(42)33(41)20-27/h12,15-23,26H,2-11,13-14H2,1H3. The van der Waals surface area contributed by atoms with E-state index in [1.807, 2.05) is 6.07 Å². The smallest absolute Gasteiger partial charge is 0.400 e. The van der Waals surface area contributed by atoms with Crippen molar-refractivity contribution < 1.29 is 39.9 Å². The molecule has 0 unspecified atom stereocenters. The molecule has 2 saturated carbocycles. The van der Waals surface area contributed by atoms with Gasteiger partial charge in [0, 0.05) is 23.3 Å². The first-order chi connectivity index (χ1) is 21.5. The zero-order valence-corrected chi connectivity index (χ0v) is 25.3. The number of halogens is 8. The van der Waals surface area contributed by atoms with Gasteiger partial charge >= 0.3 is 6.11 Å². The third kappa shape index (κ3) is 7.66. The Morgan fingerprint density at radius 1 is 0.667 bits per heavy atom. The van der Waals surface area contributed by atoms with Crippen molar-refractivity contribution in [1.82, 2.24) is 0 Å². The van der Waals surface area contributed by atoms with Gasteiger partial charge in [-0.15, -0.1) is 0 Å². The lowest BCUT2D eigenvalue weighted by Crippen LogP contribution is -2.37. The van der Waals surface area contributed by atoms with Gasteiger partial charge in [0.15, 0.2) is 17.5 Å². The van der Waals surface area contributed by atoms with E-state index in [1.54, 1.807) is 6.07 Å². The van der Waals surface area contributed by atoms with E-state index in [4.69, 9.17) is 0 Å². The fraction of sp³-hybridized carbons (Fsp3) is 0.500. The number of hydrogen-bond acceptors (Lipinski definition) is 1. The number of benzene rings is 3. The van der Waals surface area contributed by atoms with Gasteiger partial charge in [0.05, 0.1) is 5.92 Å². The van der Waals surface area contributed by atoms with Crippen LogP contribution in [0.25, 0.3) is 11.1 Å². The molecule has 5 rings (SSSR count). The lowest BCUT2D eigenvalue weighted by Gasteiger charge is -2.33. The molecule has 0 radical (unpaired) electrons. The average Bonchev–Trinajstić information content (AvgIpc) is 3.00. The van der Waals surface area contributed by atoms with Crippen molar-refractivity contribution in [3.8, 4) is 16.9 Å². The molecule has 244 valence electrons. The summed E-state index contributed by atoms with van der Waals surface area (Å²) in [5.74, 6) is -9.39. The second-order valence-corrected chi connectivity index (χ2v) is 12.7. The Hall–Kier alpha value is -3.10. The molecule has 0 heterocycles. The molecule has 2 fully saturated rings. The first kappa shape index (κ1) is 33.3. The summed E-state index contributed by atoms with van der Waals surface area (Å²) >= 11 is 0. The average molecular weight is 639 g/mol. The van der Waals surface area contributed by atoms with Crippen LogP contribution in [0.15, 0.2) is 42.5 Å². The van der Waals surface area contributed by atoms with Crippen LogP contribution in [0.2, 0.25) is 0 Å². The Morgan fingerprint density at radius 3 is 1.84 bits per heavy atom. The largest absolute Gasteiger partial charge is 0.432 e. The molecule has 0 saturated heterocycles. The number of alkyl halides is 2. The zero-order chi connectivity index (χ0) is 32.3. The summed E-state index contributed by atoms with van der Waals surface area (Å²) in [4.78, 5) is 0. The van der Waals surface area contributed by atoms with Crippen LogP contribution in [0.4, 0.5) is 35.1 Å². The van der Waals surface area contributed by atoms with Gasteiger partial charge in [-0.05, 0) is 98.4 Å². The molecule has 1 nitrogen and oxygen atoms in total. The highest BCUT2D eigenvalue weighted by Gasteiger charge is 2.45. The lowest BCUT2D eigenvalue weighted by molar-refractivity contribution is -0.222. The van der Waals surface area contributed by atoms with Crippen molar-refractivity contribution in [3.63, 3.8) is 0 Å². The van der Waals surface area contributed by atoms with Crippen LogP contribution in [0.1, 0.15) is 107 Å². The maximum absolute atomic E-state index is 15.3. The van der Waals surface area contributed by atoms with Gasteiger partial charge in [-0.2, -0.15) is 8.78 Å².